The molecule has 1 aromatic heterocycles. The van der Waals surface area contributed by atoms with E-state index >= 15 is 0 Å². The van der Waals surface area contributed by atoms with Gasteiger partial charge in [-0.1, -0.05) is 24.1 Å². The summed E-state index contributed by atoms with van der Waals surface area (Å²) in [5.74, 6) is 4.18. The van der Waals surface area contributed by atoms with Crippen LogP contribution in [0, 0.1) is 11.8 Å². The van der Waals surface area contributed by atoms with Gasteiger partial charge in [0.25, 0.3) is 11.5 Å². The van der Waals surface area contributed by atoms with Gasteiger partial charge in [0, 0.05) is 11.8 Å². The zero-order valence-corrected chi connectivity index (χ0v) is 14.8. The van der Waals surface area contributed by atoms with E-state index in [1.807, 2.05) is 0 Å². The molecular weight excluding hydrogens is 368 g/mol. The van der Waals surface area contributed by atoms with E-state index in [1.165, 1.54) is 19.1 Å². The van der Waals surface area contributed by atoms with Crippen LogP contribution in [0.4, 0.5) is 0 Å². The average molecular weight is 386 g/mol. The zero-order valence-electron chi connectivity index (χ0n) is 14.8. The van der Waals surface area contributed by atoms with Gasteiger partial charge in [0.1, 0.15) is 23.9 Å². The summed E-state index contributed by atoms with van der Waals surface area (Å²) in [4.78, 5) is 38.4. The Kier molecular flexibility index (Phi) is 5.58. The van der Waals surface area contributed by atoms with Crippen molar-refractivity contribution in [2.45, 2.75) is 31.5 Å². The van der Waals surface area contributed by atoms with Crippen molar-refractivity contribution in [3.8, 4) is 11.8 Å². The Bertz CT molecular complexity index is 1060. The van der Waals surface area contributed by atoms with Crippen molar-refractivity contribution in [1.29, 1.82) is 0 Å². The van der Waals surface area contributed by atoms with Crippen LogP contribution in [0.25, 0.3) is 0 Å². The Morgan fingerprint density at radius 3 is 2.43 bits per heavy atom. The number of hydrogen-bond donors (Lipinski definition) is 3. The quantitative estimate of drug-likeness (QED) is 0.558. The molecule has 0 bridgehead atoms. The number of carbonyl (C=O) groups excluding carboxylic acids is 1. The Balaban J connectivity index is 2.21. The van der Waals surface area contributed by atoms with E-state index in [0.717, 1.165) is 10.8 Å². The maximum absolute atomic E-state index is 12.9. The lowest BCUT2D eigenvalue weighted by molar-refractivity contribution is -0.0554. The molecule has 3 rings (SSSR count). The van der Waals surface area contributed by atoms with Crippen LogP contribution in [0.1, 0.15) is 29.1 Å². The summed E-state index contributed by atoms with van der Waals surface area (Å²) in [6, 6.07) is 7.74. The number of aliphatic hydroxyl groups excluding tert-OH is 3. The average Bonchev–Trinajstić information content (AvgIpc) is 2.99. The molecule has 0 aliphatic carbocycles. The van der Waals surface area contributed by atoms with Gasteiger partial charge < -0.3 is 20.1 Å². The van der Waals surface area contributed by atoms with Gasteiger partial charge in [0.15, 0.2) is 6.23 Å². The van der Waals surface area contributed by atoms with Crippen molar-refractivity contribution >= 4 is 5.91 Å². The van der Waals surface area contributed by atoms with Gasteiger partial charge >= 0.3 is 5.69 Å². The molecule has 0 amide bonds. The predicted molar refractivity (Wildman–Crippen MR) is 96.7 cm³/mol. The first-order valence-corrected chi connectivity index (χ1v) is 8.43. The molecule has 0 radical (unpaired) electrons. The highest BCUT2D eigenvalue weighted by molar-refractivity contribution is 5.95. The monoisotopic (exact) mass is 386 g/mol. The summed E-state index contributed by atoms with van der Waals surface area (Å²) in [5, 5.41) is 29.4. The molecule has 0 saturated carbocycles. The van der Waals surface area contributed by atoms with Gasteiger partial charge in [-0.15, -0.1) is 5.92 Å². The molecule has 0 spiro atoms. The lowest BCUT2D eigenvalue weighted by atomic mass is 10.1. The molecular formula is C19H18N2O7. The standard InChI is InChI=1S/C19H18N2O7/c1-2-6-12-9-20(18-15(24)14(23)13(10-22)28-18)19(27)21(17(12)26)16(25)11-7-4-3-5-8-11/h3-5,7-9,13-15,18,22-24H,10H2,1H3/t13-,14-,15+,18?/m1/s1. The molecule has 1 fully saturated rings. The summed E-state index contributed by atoms with van der Waals surface area (Å²) < 4.78 is 6.58. The lowest BCUT2D eigenvalue weighted by Crippen LogP contribution is -2.47. The van der Waals surface area contributed by atoms with Gasteiger partial charge in [-0.05, 0) is 19.1 Å². The van der Waals surface area contributed by atoms with Crippen LogP contribution in [0.2, 0.25) is 0 Å². The van der Waals surface area contributed by atoms with Crippen molar-refractivity contribution < 1.29 is 24.9 Å². The molecule has 146 valence electrons. The van der Waals surface area contributed by atoms with Crippen molar-refractivity contribution in [2.75, 3.05) is 6.61 Å². The lowest BCUT2D eigenvalue weighted by Gasteiger charge is -2.19. The Morgan fingerprint density at radius 1 is 1.18 bits per heavy atom. The van der Waals surface area contributed by atoms with Crippen LogP contribution in [0.15, 0.2) is 46.1 Å². The number of ether oxygens (including phenoxy) is 1. The van der Waals surface area contributed by atoms with E-state index in [-0.39, 0.29) is 11.1 Å². The molecule has 1 aliphatic heterocycles. The van der Waals surface area contributed by atoms with Crippen LogP contribution in [0.3, 0.4) is 0 Å². The number of nitrogens with zero attached hydrogens (tertiary/aromatic N) is 2. The molecule has 9 heteroatoms. The number of aromatic nitrogens is 2. The highest BCUT2D eigenvalue weighted by atomic mass is 16.6. The fraction of sp³-hybridized carbons (Fsp3) is 0.316. The van der Waals surface area contributed by atoms with Crippen molar-refractivity contribution in [3.63, 3.8) is 0 Å². The van der Waals surface area contributed by atoms with E-state index in [1.54, 1.807) is 18.2 Å². The van der Waals surface area contributed by atoms with Crippen LogP contribution < -0.4 is 11.2 Å². The summed E-state index contributed by atoms with van der Waals surface area (Å²) in [6.45, 7) is 0.887. The van der Waals surface area contributed by atoms with Crippen LogP contribution in [0.5, 0.6) is 0 Å². The molecule has 2 heterocycles. The third-order valence-electron chi connectivity index (χ3n) is 4.39. The summed E-state index contributed by atoms with van der Waals surface area (Å²) in [5.41, 5.74) is -2.02. The first-order chi connectivity index (χ1) is 13.4. The number of hydrogen-bond acceptors (Lipinski definition) is 7. The Hall–Kier alpha value is -3.03. The largest absolute Gasteiger partial charge is 0.394 e. The summed E-state index contributed by atoms with van der Waals surface area (Å²) in [7, 11) is 0. The third kappa shape index (κ3) is 3.30. The maximum atomic E-state index is 12.9. The minimum Gasteiger partial charge on any atom is -0.394 e. The van der Waals surface area contributed by atoms with Crippen LogP contribution >= 0.6 is 0 Å². The third-order valence-corrected chi connectivity index (χ3v) is 4.39. The molecule has 4 atom stereocenters. The van der Waals surface area contributed by atoms with Gasteiger partial charge in [0.2, 0.25) is 0 Å². The molecule has 2 aromatic rings. The number of carbonyl (C=O) groups is 1. The van der Waals surface area contributed by atoms with Crippen molar-refractivity contribution in [1.82, 2.24) is 9.13 Å². The van der Waals surface area contributed by atoms with E-state index in [0.29, 0.717) is 4.57 Å². The van der Waals surface area contributed by atoms with E-state index in [9.17, 15) is 29.7 Å². The molecule has 1 aromatic carbocycles. The molecule has 1 saturated heterocycles. The molecule has 9 nitrogen and oxygen atoms in total. The maximum Gasteiger partial charge on any atom is 0.340 e. The van der Waals surface area contributed by atoms with Crippen molar-refractivity contribution in [2.24, 2.45) is 0 Å². The number of aliphatic hydroxyl groups is 3. The SMILES string of the molecule is CC#Cc1cn(C2O[C@H](CO)[C@@H](O)[C@@H]2O)c(=O)n(C(=O)c2ccccc2)c1=O. The number of benzene rings is 1. The summed E-state index contributed by atoms with van der Waals surface area (Å²) >= 11 is 0. The Morgan fingerprint density at radius 2 is 1.86 bits per heavy atom. The Labute approximate surface area is 159 Å². The van der Waals surface area contributed by atoms with Gasteiger partial charge in [-0.2, -0.15) is 4.57 Å². The van der Waals surface area contributed by atoms with Crippen molar-refractivity contribution in [3.05, 3.63) is 68.5 Å². The minimum absolute atomic E-state index is 0.107. The second-order valence-corrected chi connectivity index (χ2v) is 6.15. The normalized spacial score (nSPS) is 23.9. The van der Waals surface area contributed by atoms with Gasteiger partial charge in [0.05, 0.1) is 6.61 Å². The summed E-state index contributed by atoms with van der Waals surface area (Å²) in [6.07, 6.45) is -4.48. The smallest absolute Gasteiger partial charge is 0.340 e. The second kappa shape index (κ2) is 7.92. The highest BCUT2D eigenvalue weighted by Crippen LogP contribution is 2.28. The number of rotatable bonds is 3. The molecule has 1 unspecified atom stereocenters. The first-order valence-electron chi connectivity index (χ1n) is 8.43. The molecule has 3 N–H and O–H groups in total. The van der Waals surface area contributed by atoms with E-state index in [2.05, 4.69) is 11.8 Å². The van der Waals surface area contributed by atoms with Crippen LogP contribution in [-0.4, -0.2) is 55.3 Å². The molecule has 1 aliphatic rings. The first kappa shape index (κ1) is 19.7. The predicted octanol–water partition coefficient (Wildman–Crippen LogP) is -1.32. The molecule has 28 heavy (non-hydrogen) atoms. The highest BCUT2D eigenvalue weighted by Gasteiger charge is 2.44. The van der Waals surface area contributed by atoms with E-state index in [4.69, 9.17) is 4.74 Å². The fourth-order valence-corrected chi connectivity index (χ4v) is 2.97. The zero-order chi connectivity index (χ0) is 20.4. The van der Waals surface area contributed by atoms with Crippen LogP contribution in [-0.2, 0) is 4.74 Å². The second-order valence-electron chi connectivity index (χ2n) is 6.15. The van der Waals surface area contributed by atoms with Gasteiger partial charge in [-0.25, -0.2) is 4.79 Å². The minimum atomic E-state index is -1.56. The van der Waals surface area contributed by atoms with Gasteiger partial charge in [-0.3, -0.25) is 14.2 Å². The van der Waals surface area contributed by atoms with E-state index < -0.39 is 48.3 Å². The fourth-order valence-electron chi connectivity index (χ4n) is 2.97. The topological polar surface area (TPSA) is 131 Å².